The summed E-state index contributed by atoms with van der Waals surface area (Å²) in [6.07, 6.45) is 5.23. The zero-order valence-corrected chi connectivity index (χ0v) is 15.0. The third kappa shape index (κ3) is 3.12. The number of fused-ring (bicyclic) bond motifs is 1. The lowest BCUT2D eigenvalue weighted by Crippen LogP contribution is -2.33. The first-order valence-corrected chi connectivity index (χ1v) is 8.65. The van der Waals surface area contributed by atoms with Gasteiger partial charge in [0, 0.05) is 22.7 Å². The molecular formula is C19H19ClFN3O2. The van der Waals surface area contributed by atoms with Crippen molar-refractivity contribution in [3.8, 4) is 0 Å². The van der Waals surface area contributed by atoms with Crippen LogP contribution in [0.15, 0.2) is 24.8 Å². The largest absolute Gasteiger partial charge is 0.366 e. The van der Waals surface area contributed by atoms with E-state index in [0.29, 0.717) is 33.6 Å². The minimum atomic E-state index is -0.730. The Morgan fingerprint density at radius 3 is 2.88 bits per heavy atom. The van der Waals surface area contributed by atoms with Crippen molar-refractivity contribution < 1.29 is 14.0 Å². The van der Waals surface area contributed by atoms with Crippen molar-refractivity contribution in [1.29, 1.82) is 0 Å². The Labute approximate surface area is 155 Å². The number of hydrogen-bond acceptors (Lipinski definition) is 2. The van der Waals surface area contributed by atoms with Crippen LogP contribution in [0.5, 0.6) is 0 Å². The highest BCUT2D eigenvalue weighted by Crippen LogP contribution is 2.40. The number of hydrogen-bond donors (Lipinski definition) is 3. The van der Waals surface area contributed by atoms with Gasteiger partial charge in [-0.05, 0) is 43.9 Å². The molecule has 0 saturated carbocycles. The fourth-order valence-corrected chi connectivity index (χ4v) is 3.66. The van der Waals surface area contributed by atoms with Gasteiger partial charge in [-0.1, -0.05) is 24.3 Å². The highest BCUT2D eigenvalue weighted by atomic mass is 35.5. The Morgan fingerprint density at radius 2 is 2.23 bits per heavy atom. The molecule has 7 heteroatoms. The summed E-state index contributed by atoms with van der Waals surface area (Å²) in [5.74, 6) is -1.57. The molecule has 0 saturated heterocycles. The van der Waals surface area contributed by atoms with Gasteiger partial charge >= 0.3 is 0 Å². The lowest BCUT2D eigenvalue weighted by atomic mass is 9.88. The van der Waals surface area contributed by atoms with Gasteiger partial charge in [-0.25, -0.2) is 4.39 Å². The van der Waals surface area contributed by atoms with Gasteiger partial charge in [-0.3, -0.25) is 9.59 Å². The van der Waals surface area contributed by atoms with E-state index in [4.69, 9.17) is 17.3 Å². The topological polar surface area (TPSA) is 88.0 Å². The zero-order valence-electron chi connectivity index (χ0n) is 14.3. The number of allylic oxidation sites excluding steroid dienone is 1. The van der Waals surface area contributed by atoms with E-state index in [1.165, 1.54) is 6.08 Å². The summed E-state index contributed by atoms with van der Waals surface area (Å²) in [7, 11) is 0. The third-order valence-electron chi connectivity index (χ3n) is 4.60. The molecule has 1 heterocycles. The number of nitrogens with one attached hydrogen (secondary N) is 2. The number of carbonyl (C=O) groups excluding carboxylic acids is 2. The van der Waals surface area contributed by atoms with Gasteiger partial charge in [-0.2, -0.15) is 0 Å². The van der Waals surface area contributed by atoms with Crippen LogP contribution in [0.2, 0.25) is 5.02 Å². The average Bonchev–Trinajstić information content (AvgIpc) is 2.89. The molecule has 4 N–H and O–H groups in total. The quantitative estimate of drug-likeness (QED) is 0.713. The second-order valence-electron chi connectivity index (χ2n) is 6.36. The van der Waals surface area contributed by atoms with Crippen LogP contribution >= 0.6 is 11.6 Å². The maximum atomic E-state index is 14.9. The second kappa shape index (κ2) is 6.96. The normalized spacial score (nSPS) is 17.0. The lowest BCUT2D eigenvalue weighted by molar-refractivity contribution is -0.116. The molecule has 0 fully saturated rings. The molecule has 1 aromatic carbocycles. The molecule has 136 valence electrons. The van der Waals surface area contributed by atoms with Crippen LogP contribution < -0.4 is 11.1 Å². The zero-order chi connectivity index (χ0) is 19.0. The Balaban J connectivity index is 2.20. The van der Waals surface area contributed by atoms with Crippen molar-refractivity contribution >= 4 is 39.9 Å². The van der Waals surface area contributed by atoms with Crippen LogP contribution in [-0.2, 0) is 4.79 Å². The van der Waals surface area contributed by atoms with Gasteiger partial charge in [-0.15, -0.1) is 0 Å². The number of benzene rings is 1. The lowest BCUT2D eigenvalue weighted by Gasteiger charge is -2.23. The fraction of sp³-hybridized carbons (Fsp3) is 0.263. The summed E-state index contributed by atoms with van der Waals surface area (Å²) in [6.45, 7) is 5.19. The van der Waals surface area contributed by atoms with Gasteiger partial charge in [0.15, 0.2) is 0 Å². The number of aryl methyl sites for hydroxylation is 1. The van der Waals surface area contributed by atoms with Crippen LogP contribution in [0.25, 0.3) is 16.5 Å². The number of amides is 2. The van der Waals surface area contributed by atoms with Crippen molar-refractivity contribution in [2.24, 2.45) is 5.73 Å². The van der Waals surface area contributed by atoms with Crippen molar-refractivity contribution in [1.82, 2.24) is 10.3 Å². The molecule has 2 aromatic rings. The summed E-state index contributed by atoms with van der Waals surface area (Å²) < 4.78 is 14.9. The van der Waals surface area contributed by atoms with E-state index in [-0.39, 0.29) is 17.5 Å². The minimum absolute atomic E-state index is 0.0594. The number of H-pyrrole nitrogens is 1. The monoisotopic (exact) mass is 375 g/mol. The van der Waals surface area contributed by atoms with Crippen molar-refractivity contribution in [3.05, 3.63) is 52.5 Å². The first-order chi connectivity index (χ1) is 12.3. The molecule has 1 atom stereocenters. The summed E-state index contributed by atoms with van der Waals surface area (Å²) in [6, 6.07) is 0.923. The van der Waals surface area contributed by atoms with Gasteiger partial charge in [0.05, 0.1) is 16.1 Å². The average molecular weight is 376 g/mol. The highest BCUT2D eigenvalue weighted by molar-refractivity contribution is 6.37. The van der Waals surface area contributed by atoms with Gasteiger partial charge in [0.25, 0.3) is 5.91 Å². The molecule has 1 aliphatic rings. The number of rotatable bonds is 4. The van der Waals surface area contributed by atoms with Crippen LogP contribution in [0.1, 0.15) is 40.9 Å². The number of carbonyl (C=O) groups is 2. The van der Waals surface area contributed by atoms with Crippen molar-refractivity contribution in [3.63, 3.8) is 0 Å². The summed E-state index contributed by atoms with van der Waals surface area (Å²) in [5.41, 5.74) is 7.59. The van der Waals surface area contributed by atoms with Crippen molar-refractivity contribution in [2.45, 2.75) is 32.2 Å². The number of halogens is 2. The van der Waals surface area contributed by atoms with E-state index in [0.717, 1.165) is 24.5 Å². The first kappa shape index (κ1) is 18.2. The molecule has 1 aliphatic carbocycles. The molecule has 0 radical (unpaired) electrons. The summed E-state index contributed by atoms with van der Waals surface area (Å²) in [4.78, 5) is 26.3. The maximum Gasteiger partial charge on any atom is 0.250 e. The number of aromatic amines is 1. The smallest absolute Gasteiger partial charge is 0.250 e. The predicted molar refractivity (Wildman–Crippen MR) is 100 cm³/mol. The van der Waals surface area contributed by atoms with E-state index >= 15 is 0 Å². The molecule has 0 bridgehead atoms. The van der Waals surface area contributed by atoms with Crippen LogP contribution in [-0.4, -0.2) is 22.8 Å². The predicted octanol–water partition coefficient (Wildman–Crippen LogP) is 3.61. The number of aromatic nitrogens is 1. The molecule has 5 nitrogen and oxygen atoms in total. The molecule has 0 spiro atoms. The number of nitrogens with two attached hydrogens (primary N) is 1. The van der Waals surface area contributed by atoms with Gasteiger partial charge in [0.1, 0.15) is 5.82 Å². The number of primary amides is 1. The minimum Gasteiger partial charge on any atom is -0.366 e. The molecule has 1 unspecified atom stereocenters. The Morgan fingerprint density at radius 1 is 1.50 bits per heavy atom. The van der Waals surface area contributed by atoms with E-state index in [2.05, 4.69) is 16.9 Å². The van der Waals surface area contributed by atoms with Crippen LogP contribution in [0, 0.1) is 12.7 Å². The second-order valence-corrected chi connectivity index (χ2v) is 6.74. The molecule has 26 heavy (non-hydrogen) atoms. The standard InChI is InChI=1S/C19H19ClFN3O2/c1-3-14(25)24-11-6-4-5-10(7-11)15-13(21)8-12(19(22)26)18-16(15)17(20)9(2)23-18/h3,7-8,11,23H,1,4-6H2,2H3,(H2,22,26)(H,24,25). The van der Waals surface area contributed by atoms with Gasteiger partial charge < -0.3 is 16.0 Å². The Hall–Kier alpha value is -2.60. The molecule has 0 aliphatic heterocycles. The van der Waals surface area contributed by atoms with Crippen LogP contribution in [0.4, 0.5) is 4.39 Å². The van der Waals surface area contributed by atoms with E-state index in [1.807, 2.05) is 6.08 Å². The Kier molecular flexibility index (Phi) is 4.87. The van der Waals surface area contributed by atoms with E-state index in [1.54, 1.807) is 6.92 Å². The van der Waals surface area contributed by atoms with E-state index < -0.39 is 11.7 Å². The molecule has 1 aromatic heterocycles. The molecule has 3 rings (SSSR count). The van der Waals surface area contributed by atoms with Gasteiger partial charge in [0.2, 0.25) is 5.91 Å². The molecule has 2 amide bonds. The third-order valence-corrected chi connectivity index (χ3v) is 5.08. The summed E-state index contributed by atoms with van der Waals surface area (Å²) >= 11 is 6.40. The van der Waals surface area contributed by atoms with Crippen molar-refractivity contribution in [2.75, 3.05) is 0 Å². The summed E-state index contributed by atoms with van der Waals surface area (Å²) in [5, 5.41) is 3.62. The SMILES string of the molecule is C=CC(=O)NC1C=C(c2c(F)cc(C(N)=O)c3[nH]c(C)c(Cl)c23)CCC1. The maximum absolute atomic E-state index is 14.9. The first-order valence-electron chi connectivity index (χ1n) is 8.27. The Bertz CT molecular complexity index is 962. The highest BCUT2D eigenvalue weighted by Gasteiger charge is 2.25. The fourth-order valence-electron chi connectivity index (χ4n) is 3.42. The molecular weight excluding hydrogens is 357 g/mol. The van der Waals surface area contributed by atoms with Crippen LogP contribution in [0.3, 0.4) is 0 Å². The van der Waals surface area contributed by atoms with E-state index in [9.17, 15) is 14.0 Å².